The lowest BCUT2D eigenvalue weighted by Gasteiger charge is -2.23. The molecule has 0 saturated heterocycles. The number of ether oxygens (including phenoxy) is 2. The van der Waals surface area contributed by atoms with Gasteiger partial charge >= 0.3 is 5.97 Å². The molecule has 0 spiro atoms. The molecule has 1 aromatic rings. The number of hydrogen-bond donors (Lipinski definition) is 1. The predicted octanol–water partition coefficient (Wildman–Crippen LogP) is 3.44. The van der Waals surface area contributed by atoms with Crippen molar-refractivity contribution in [3.05, 3.63) is 42.2 Å². The summed E-state index contributed by atoms with van der Waals surface area (Å²) in [4.78, 5) is 37.8. The molecule has 0 aliphatic carbocycles. The molecule has 6 nitrogen and oxygen atoms in total. The molecule has 0 fully saturated rings. The van der Waals surface area contributed by atoms with Gasteiger partial charge < -0.3 is 14.8 Å². The maximum absolute atomic E-state index is 12.9. The van der Waals surface area contributed by atoms with Crippen molar-refractivity contribution in [3.8, 4) is 5.75 Å². The fraction of sp³-hybridized carbons (Fsp3) is 0.522. The molecule has 2 bridgehead atoms. The van der Waals surface area contributed by atoms with Crippen molar-refractivity contribution < 1.29 is 23.9 Å². The largest absolute Gasteiger partial charge is 0.469 e. The molecule has 2 aliphatic heterocycles. The van der Waals surface area contributed by atoms with Gasteiger partial charge in [0.2, 0.25) is 5.91 Å². The summed E-state index contributed by atoms with van der Waals surface area (Å²) in [6, 6.07) is 6.92. The van der Waals surface area contributed by atoms with E-state index in [1.54, 1.807) is 6.08 Å². The number of benzene rings is 1. The summed E-state index contributed by atoms with van der Waals surface area (Å²) < 4.78 is 10.4. The molecule has 3 rings (SSSR count). The number of methoxy groups -OCH3 is 1. The van der Waals surface area contributed by atoms with Crippen LogP contribution in [0.25, 0.3) is 0 Å². The third kappa shape index (κ3) is 7.04. The number of ketones is 1. The molecule has 1 amide bonds. The third-order valence-electron chi connectivity index (χ3n) is 5.03. The molecule has 158 valence electrons. The number of allylic oxidation sites excluding steroid dienone is 1. The van der Waals surface area contributed by atoms with E-state index in [9.17, 15) is 14.4 Å². The normalized spacial score (nSPS) is 24.7. The number of hydrogen-bond acceptors (Lipinski definition) is 5. The van der Waals surface area contributed by atoms with Gasteiger partial charge in [-0.2, -0.15) is 0 Å². The van der Waals surface area contributed by atoms with Gasteiger partial charge in [0.1, 0.15) is 5.75 Å². The summed E-state index contributed by atoms with van der Waals surface area (Å²) in [6.45, 7) is 5.85. The van der Waals surface area contributed by atoms with Crippen LogP contribution in [0.5, 0.6) is 5.75 Å². The number of fused-ring (bicyclic) bond motifs is 12. The average Bonchev–Trinajstić information content (AvgIpc) is 2.69. The maximum Gasteiger partial charge on any atom is 0.309 e. The van der Waals surface area contributed by atoms with E-state index >= 15 is 0 Å². The lowest BCUT2D eigenvalue weighted by Crippen LogP contribution is -2.45. The number of Topliss-reactive ketones (excluding diaryl/α,β-unsaturated/α-hetero) is 1. The highest BCUT2D eigenvalue weighted by Gasteiger charge is 2.29. The zero-order valence-corrected chi connectivity index (χ0v) is 17.6. The molecule has 29 heavy (non-hydrogen) atoms. The van der Waals surface area contributed by atoms with Crippen LogP contribution < -0.4 is 10.1 Å². The van der Waals surface area contributed by atoms with Crippen LogP contribution in [0, 0.1) is 17.8 Å². The minimum absolute atomic E-state index is 0.0107. The van der Waals surface area contributed by atoms with Crippen LogP contribution in [0.1, 0.15) is 45.6 Å². The van der Waals surface area contributed by atoms with Gasteiger partial charge in [-0.05, 0) is 49.0 Å². The first-order chi connectivity index (χ1) is 13.8. The molecule has 1 N–H and O–H groups in total. The molecule has 3 atom stereocenters. The van der Waals surface area contributed by atoms with Gasteiger partial charge in [-0.1, -0.05) is 32.9 Å². The van der Waals surface area contributed by atoms with E-state index in [1.165, 1.54) is 13.4 Å². The van der Waals surface area contributed by atoms with Gasteiger partial charge in [-0.25, -0.2) is 0 Å². The molecular weight excluding hydrogens is 370 g/mol. The number of esters is 1. The molecule has 2 heterocycles. The second kappa shape index (κ2) is 10.8. The number of carbonyl (C=O) groups excluding carboxylic acids is 3. The Morgan fingerprint density at radius 3 is 2.52 bits per heavy atom. The van der Waals surface area contributed by atoms with Crippen molar-refractivity contribution in [1.82, 2.24) is 5.32 Å². The zero-order valence-electron chi connectivity index (χ0n) is 17.6. The van der Waals surface area contributed by atoms with E-state index in [4.69, 9.17) is 9.47 Å². The molecule has 2 aliphatic rings. The SMILES string of the molecule is COC(=O)[C@@H]1C/C=C/Oc2ccc(cc2)C[C@H](C)C(=O)N[C@@H](CC(C)C)C(=O)C1. The standard InChI is InChI=1S/C23H31NO5/c1-15(2)12-20-21(25)14-18(23(27)28-4)6-5-11-29-19-9-7-17(8-10-19)13-16(3)22(26)24-20/h5,7-11,15-16,18,20H,6,12-14H2,1-4H3,(H,24,26)/b11-5+/t16-,18+,20-/m0/s1. The summed E-state index contributed by atoms with van der Waals surface area (Å²) in [5.74, 6) is -0.777. The molecule has 0 unspecified atom stereocenters. The van der Waals surface area contributed by atoms with Crippen LogP contribution in [0.3, 0.4) is 0 Å². The first-order valence-electron chi connectivity index (χ1n) is 10.1. The third-order valence-corrected chi connectivity index (χ3v) is 5.03. The van der Waals surface area contributed by atoms with E-state index in [0.29, 0.717) is 25.0 Å². The van der Waals surface area contributed by atoms with Crippen molar-refractivity contribution in [1.29, 1.82) is 0 Å². The van der Waals surface area contributed by atoms with Gasteiger partial charge in [0.05, 0.1) is 25.3 Å². The molecule has 0 aromatic heterocycles. The van der Waals surface area contributed by atoms with Crippen LogP contribution in [-0.4, -0.2) is 30.8 Å². The molecule has 0 saturated carbocycles. The fourth-order valence-electron chi connectivity index (χ4n) is 3.37. The Bertz CT molecular complexity index is 738. The minimum atomic E-state index is -0.619. The number of carbonyl (C=O) groups is 3. The number of amides is 1. The Balaban J connectivity index is 2.30. The van der Waals surface area contributed by atoms with E-state index in [1.807, 2.05) is 45.0 Å². The van der Waals surface area contributed by atoms with E-state index < -0.39 is 17.9 Å². The van der Waals surface area contributed by atoms with Crippen LogP contribution in [-0.2, 0) is 25.5 Å². The predicted molar refractivity (Wildman–Crippen MR) is 110 cm³/mol. The second-order valence-electron chi connectivity index (χ2n) is 8.06. The van der Waals surface area contributed by atoms with E-state index in [2.05, 4.69) is 5.32 Å². The Kier molecular flexibility index (Phi) is 8.43. The maximum atomic E-state index is 12.9. The van der Waals surface area contributed by atoms with Gasteiger partial charge in [-0.15, -0.1) is 0 Å². The molecule has 1 aromatic carbocycles. The van der Waals surface area contributed by atoms with Crippen molar-refractivity contribution in [2.45, 2.75) is 52.5 Å². The molecular formula is C23H31NO5. The van der Waals surface area contributed by atoms with Gasteiger partial charge in [0, 0.05) is 12.3 Å². The van der Waals surface area contributed by atoms with Gasteiger partial charge in [0.15, 0.2) is 5.78 Å². The number of nitrogens with one attached hydrogen (secondary N) is 1. The Morgan fingerprint density at radius 2 is 1.90 bits per heavy atom. The van der Waals surface area contributed by atoms with Gasteiger partial charge in [-0.3, -0.25) is 14.4 Å². The lowest BCUT2D eigenvalue weighted by atomic mass is 9.91. The van der Waals surface area contributed by atoms with Crippen LogP contribution >= 0.6 is 0 Å². The quantitative estimate of drug-likeness (QED) is 0.785. The van der Waals surface area contributed by atoms with Crippen LogP contribution in [0.2, 0.25) is 0 Å². The van der Waals surface area contributed by atoms with Crippen molar-refractivity contribution >= 4 is 17.7 Å². The lowest BCUT2D eigenvalue weighted by molar-refractivity contribution is -0.147. The molecule has 6 heteroatoms. The summed E-state index contributed by atoms with van der Waals surface area (Å²) in [5.41, 5.74) is 1.02. The van der Waals surface area contributed by atoms with Crippen LogP contribution in [0.4, 0.5) is 0 Å². The highest BCUT2D eigenvalue weighted by molar-refractivity contribution is 5.92. The van der Waals surface area contributed by atoms with Crippen molar-refractivity contribution in [2.24, 2.45) is 17.8 Å². The minimum Gasteiger partial charge on any atom is -0.469 e. The average molecular weight is 402 g/mol. The molecule has 0 radical (unpaired) electrons. The first-order valence-corrected chi connectivity index (χ1v) is 10.1. The van der Waals surface area contributed by atoms with E-state index in [0.717, 1.165) is 5.56 Å². The zero-order chi connectivity index (χ0) is 21.4. The highest BCUT2D eigenvalue weighted by Crippen LogP contribution is 2.20. The topological polar surface area (TPSA) is 81.7 Å². The van der Waals surface area contributed by atoms with E-state index in [-0.39, 0.29) is 29.9 Å². The Labute approximate surface area is 172 Å². The van der Waals surface area contributed by atoms with Crippen molar-refractivity contribution in [2.75, 3.05) is 7.11 Å². The smallest absolute Gasteiger partial charge is 0.309 e. The second-order valence-corrected chi connectivity index (χ2v) is 8.06. The van der Waals surface area contributed by atoms with Crippen molar-refractivity contribution in [3.63, 3.8) is 0 Å². The Morgan fingerprint density at radius 1 is 1.21 bits per heavy atom. The van der Waals surface area contributed by atoms with Gasteiger partial charge in [0.25, 0.3) is 0 Å². The fourth-order valence-corrected chi connectivity index (χ4v) is 3.37. The summed E-state index contributed by atoms with van der Waals surface area (Å²) in [6.07, 6.45) is 4.66. The van der Waals surface area contributed by atoms with Crippen LogP contribution in [0.15, 0.2) is 36.6 Å². The summed E-state index contributed by atoms with van der Waals surface area (Å²) >= 11 is 0. The highest BCUT2D eigenvalue weighted by atomic mass is 16.5. The summed E-state index contributed by atoms with van der Waals surface area (Å²) in [7, 11) is 1.31. The number of rotatable bonds is 3. The Hall–Kier alpha value is -2.63. The summed E-state index contributed by atoms with van der Waals surface area (Å²) in [5, 5.41) is 2.91. The first kappa shape index (κ1) is 22.7. The monoisotopic (exact) mass is 401 g/mol.